The summed E-state index contributed by atoms with van der Waals surface area (Å²) in [4.78, 5) is 12.5. The van der Waals surface area contributed by atoms with Crippen molar-refractivity contribution >= 4 is 17.1 Å². The van der Waals surface area contributed by atoms with Gasteiger partial charge in [0, 0.05) is 13.1 Å². The molecule has 21 heavy (non-hydrogen) atoms. The van der Waals surface area contributed by atoms with E-state index in [0.717, 1.165) is 16.6 Å². The molecule has 2 aromatic carbocycles. The van der Waals surface area contributed by atoms with Gasteiger partial charge in [0.05, 0.1) is 11.0 Å². The van der Waals surface area contributed by atoms with E-state index in [9.17, 15) is 4.79 Å². The minimum Gasteiger partial charge on any atom is -0.292 e. The quantitative estimate of drug-likeness (QED) is 0.717. The number of imidazole rings is 1. The Morgan fingerprint density at radius 1 is 0.905 bits per heavy atom. The van der Waals surface area contributed by atoms with Crippen LogP contribution in [0.2, 0.25) is 0 Å². The van der Waals surface area contributed by atoms with Crippen LogP contribution in [0.3, 0.4) is 0 Å². The number of nitrogens with zero attached hydrogens (tertiary/aromatic N) is 2. The summed E-state index contributed by atoms with van der Waals surface area (Å²) in [6, 6.07) is 18.1. The monoisotopic (exact) mass is 278 g/mol. The van der Waals surface area contributed by atoms with Gasteiger partial charge >= 0.3 is 5.69 Å². The standard InChI is InChI=1S/C18H18N2O/c1-2-19-16-12-6-7-13-17(16)20(18(19)21)14-8-11-15-9-4-3-5-10-15/h3-13H,2,14H2,1H3. The number of allylic oxidation sites excluding steroid dienone is 1. The second-order valence-electron chi connectivity index (χ2n) is 4.94. The van der Waals surface area contributed by atoms with E-state index in [1.165, 1.54) is 0 Å². The summed E-state index contributed by atoms with van der Waals surface area (Å²) in [5.41, 5.74) is 3.18. The van der Waals surface area contributed by atoms with Crippen LogP contribution in [-0.2, 0) is 13.1 Å². The lowest BCUT2D eigenvalue weighted by Gasteiger charge is -1.98. The van der Waals surface area contributed by atoms with Crippen LogP contribution in [0, 0.1) is 0 Å². The van der Waals surface area contributed by atoms with Crippen molar-refractivity contribution in [1.82, 2.24) is 9.13 Å². The van der Waals surface area contributed by atoms with Crippen molar-refractivity contribution in [3.8, 4) is 0 Å². The molecule has 0 unspecified atom stereocenters. The number of aromatic nitrogens is 2. The highest BCUT2D eigenvalue weighted by Crippen LogP contribution is 2.13. The maximum atomic E-state index is 12.5. The van der Waals surface area contributed by atoms with E-state index >= 15 is 0 Å². The normalized spacial score (nSPS) is 11.5. The van der Waals surface area contributed by atoms with Crippen LogP contribution in [0.15, 0.2) is 65.5 Å². The molecule has 0 aliphatic rings. The number of benzene rings is 2. The third kappa shape index (κ3) is 2.55. The Labute approximate surface area is 123 Å². The predicted molar refractivity (Wildman–Crippen MR) is 87.3 cm³/mol. The fraction of sp³-hybridized carbons (Fsp3) is 0.167. The Hall–Kier alpha value is -2.55. The Morgan fingerprint density at radius 3 is 2.19 bits per heavy atom. The van der Waals surface area contributed by atoms with Crippen LogP contribution >= 0.6 is 0 Å². The van der Waals surface area contributed by atoms with Gasteiger partial charge in [0.25, 0.3) is 0 Å². The first-order chi connectivity index (χ1) is 10.3. The minimum atomic E-state index is 0.0522. The number of fused-ring (bicyclic) bond motifs is 1. The Balaban J connectivity index is 1.96. The van der Waals surface area contributed by atoms with Crippen molar-refractivity contribution in [2.24, 2.45) is 0 Å². The van der Waals surface area contributed by atoms with Gasteiger partial charge in [-0.2, -0.15) is 0 Å². The molecule has 0 atom stereocenters. The maximum absolute atomic E-state index is 12.5. The smallest absolute Gasteiger partial charge is 0.292 e. The number of hydrogen-bond donors (Lipinski definition) is 0. The molecule has 1 heterocycles. The van der Waals surface area contributed by atoms with Gasteiger partial charge in [0.2, 0.25) is 0 Å². The second kappa shape index (κ2) is 5.83. The molecule has 3 aromatic rings. The zero-order valence-corrected chi connectivity index (χ0v) is 12.1. The van der Waals surface area contributed by atoms with Crippen LogP contribution < -0.4 is 5.69 Å². The number of aryl methyl sites for hydroxylation is 1. The van der Waals surface area contributed by atoms with Crippen molar-refractivity contribution in [1.29, 1.82) is 0 Å². The van der Waals surface area contributed by atoms with Gasteiger partial charge < -0.3 is 0 Å². The summed E-state index contributed by atoms with van der Waals surface area (Å²) in [7, 11) is 0. The highest BCUT2D eigenvalue weighted by molar-refractivity contribution is 5.76. The molecule has 0 N–H and O–H groups in total. The predicted octanol–water partition coefficient (Wildman–Crippen LogP) is 3.54. The highest BCUT2D eigenvalue weighted by atomic mass is 16.1. The average molecular weight is 278 g/mol. The lowest BCUT2D eigenvalue weighted by atomic mass is 10.2. The van der Waals surface area contributed by atoms with E-state index in [2.05, 4.69) is 12.1 Å². The van der Waals surface area contributed by atoms with Crippen molar-refractivity contribution in [3.05, 3.63) is 76.7 Å². The van der Waals surface area contributed by atoms with Gasteiger partial charge in [-0.05, 0) is 24.6 Å². The van der Waals surface area contributed by atoms with Gasteiger partial charge in [0.1, 0.15) is 0 Å². The fourth-order valence-electron chi connectivity index (χ4n) is 2.61. The van der Waals surface area contributed by atoms with E-state index in [4.69, 9.17) is 0 Å². The van der Waals surface area contributed by atoms with Gasteiger partial charge in [0.15, 0.2) is 0 Å². The molecule has 0 aliphatic heterocycles. The van der Waals surface area contributed by atoms with Crippen molar-refractivity contribution in [2.75, 3.05) is 0 Å². The lowest BCUT2D eigenvalue weighted by molar-refractivity contribution is 0.691. The van der Waals surface area contributed by atoms with Crippen LogP contribution in [0.5, 0.6) is 0 Å². The van der Waals surface area contributed by atoms with Gasteiger partial charge in [-0.25, -0.2) is 4.79 Å². The summed E-state index contributed by atoms with van der Waals surface area (Å²) in [5, 5.41) is 0. The summed E-state index contributed by atoms with van der Waals surface area (Å²) in [6.07, 6.45) is 4.08. The van der Waals surface area contributed by atoms with Crippen molar-refractivity contribution < 1.29 is 0 Å². The van der Waals surface area contributed by atoms with Crippen molar-refractivity contribution in [3.63, 3.8) is 0 Å². The third-order valence-electron chi connectivity index (χ3n) is 3.64. The van der Waals surface area contributed by atoms with Gasteiger partial charge in [-0.3, -0.25) is 9.13 Å². The zero-order chi connectivity index (χ0) is 14.7. The molecule has 0 fully saturated rings. The molecule has 0 radical (unpaired) electrons. The van der Waals surface area contributed by atoms with E-state index in [1.54, 1.807) is 0 Å². The highest BCUT2D eigenvalue weighted by Gasteiger charge is 2.09. The lowest BCUT2D eigenvalue weighted by Crippen LogP contribution is -2.23. The molecule has 3 nitrogen and oxygen atoms in total. The Bertz CT molecular complexity index is 825. The van der Waals surface area contributed by atoms with Crippen LogP contribution in [0.25, 0.3) is 17.1 Å². The number of hydrogen-bond acceptors (Lipinski definition) is 1. The SMILES string of the molecule is CCn1c(=O)n(CC=Cc2ccccc2)c2ccccc21. The summed E-state index contributed by atoms with van der Waals surface area (Å²) in [6.45, 7) is 3.27. The fourth-order valence-corrected chi connectivity index (χ4v) is 2.61. The van der Waals surface area contributed by atoms with E-state index in [-0.39, 0.29) is 5.69 Å². The molecule has 0 bridgehead atoms. The first-order valence-corrected chi connectivity index (χ1v) is 7.21. The molecule has 106 valence electrons. The number of rotatable bonds is 4. The third-order valence-corrected chi connectivity index (χ3v) is 3.64. The number of para-hydroxylation sites is 2. The Kier molecular flexibility index (Phi) is 3.73. The van der Waals surface area contributed by atoms with E-state index in [0.29, 0.717) is 13.1 Å². The molecule has 1 aromatic heterocycles. The zero-order valence-electron chi connectivity index (χ0n) is 12.1. The van der Waals surface area contributed by atoms with Gasteiger partial charge in [-0.15, -0.1) is 0 Å². The molecule has 3 rings (SSSR count). The Morgan fingerprint density at radius 2 is 1.52 bits per heavy atom. The summed E-state index contributed by atoms with van der Waals surface area (Å²) in [5.74, 6) is 0. The molecular weight excluding hydrogens is 260 g/mol. The molecular formula is C18H18N2O. The van der Waals surface area contributed by atoms with Crippen molar-refractivity contribution in [2.45, 2.75) is 20.0 Å². The van der Waals surface area contributed by atoms with Crippen LogP contribution in [-0.4, -0.2) is 9.13 Å². The maximum Gasteiger partial charge on any atom is 0.329 e. The molecule has 0 saturated heterocycles. The van der Waals surface area contributed by atoms with Crippen LogP contribution in [0.4, 0.5) is 0 Å². The summed E-state index contributed by atoms with van der Waals surface area (Å²) >= 11 is 0. The molecule has 0 spiro atoms. The molecule has 3 heteroatoms. The van der Waals surface area contributed by atoms with Crippen LogP contribution in [0.1, 0.15) is 12.5 Å². The van der Waals surface area contributed by atoms with E-state index < -0.39 is 0 Å². The first-order valence-electron chi connectivity index (χ1n) is 7.21. The van der Waals surface area contributed by atoms with E-state index in [1.807, 2.05) is 70.7 Å². The molecule has 0 saturated carbocycles. The molecule has 0 amide bonds. The minimum absolute atomic E-state index is 0.0522. The molecule has 0 aliphatic carbocycles. The average Bonchev–Trinajstić information content (AvgIpc) is 2.80. The topological polar surface area (TPSA) is 26.9 Å². The second-order valence-corrected chi connectivity index (χ2v) is 4.94. The largest absolute Gasteiger partial charge is 0.329 e. The first kappa shape index (κ1) is 13.4. The summed E-state index contributed by atoms with van der Waals surface area (Å²) < 4.78 is 3.63. The van der Waals surface area contributed by atoms with Gasteiger partial charge in [-0.1, -0.05) is 54.6 Å².